The van der Waals surface area contributed by atoms with E-state index in [2.05, 4.69) is 4.98 Å². The number of pyridine rings is 1. The van der Waals surface area contributed by atoms with Gasteiger partial charge in [0.15, 0.2) is 0 Å². The van der Waals surface area contributed by atoms with Gasteiger partial charge in [-0.15, -0.1) is 0 Å². The number of hydrogen-bond donors (Lipinski definition) is 1. The molecule has 0 saturated carbocycles. The molecule has 1 aliphatic heterocycles. The van der Waals surface area contributed by atoms with Crippen molar-refractivity contribution in [3.8, 4) is 0 Å². The quantitative estimate of drug-likeness (QED) is 0.773. The minimum atomic E-state index is -0.914. The molecule has 0 bridgehead atoms. The van der Waals surface area contributed by atoms with Gasteiger partial charge in [-0.2, -0.15) is 0 Å². The molecule has 2 aromatic heterocycles. The number of carbonyl (C=O) groups is 2. The topological polar surface area (TPSA) is 74.9 Å². The van der Waals surface area contributed by atoms with Crippen molar-refractivity contribution in [2.45, 2.75) is 19.8 Å². The van der Waals surface area contributed by atoms with Crippen LogP contribution in [0.25, 0.3) is 5.65 Å². The predicted octanol–water partition coefficient (Wildman–Crippen LogP) is 3.05. The second-order valence-corrected chi connectivity index (χ2v) is 7.09. The van der Waals surface area contributed by atoms with E-state index >= 15 is 0 Å². The molecule has 1 N–H and O–H groups in total. The Hall–Kier alpha value is -3.15. The van der Waals surface area contributed by atoms with Gasteiger partial charge in [-0.1, -0.05) is 18.2 Å². The maximum absolute atomic E-state index is 13.1. The van der Waals surface area contributed by atoms with Crippen molar-refractivity contribution < 1.29 is 14.7 Å². The third kappa shape index (κ3) is 3.30. The number of rotatable bonds is 4. The standard InChI is InChI=1S/C21H21N3O3/c1-14-19(24-9-3-2-7-18(24)22-14)20(25)23-10-8-16(13-23)11-15-5-4-6-17(12-15)21(26)27/h2-7,9,12,16H,8,10-11,13H2,1H3,(H,26,27)/t16-/m0/s1. The largest absolute Gasteiger partial charge is 0.478 e. The summed E-state index contributed by atoms with van der Waals surface area (Å²) in [6, 6.07) is 12.8. The lowest BCUT2D eigenvalue weighted by Gasteiger charge is -2.17. The third-order valence-corrected chi connectivity index (χ3v) is 5.18. The Kier molecular flexibility index (Phi) is 4.39. The van der Waals surface area contributed by atoms with Crippen molar-refractivity contribution in [1.29, 1.82) is 0 Å². The minimum Gasteiger partial charge on any atom is -0.478 e. The highest BCUT2D eigenvalue weighted by atomic mass is 16.4. The van der Waals surface area contributed by atoms with Gasteiger partial charge < -0.3 is 10.0 Å². The summed E-state index contributed by atoms with van der Waals surface area (Å²) >= 11 is 0. The molecule has 1 atom stereocenters. The fraction of sp³-hybridized carbons (Fsp3) is 0.286. The summed E-state index contributed by atoms with van der Waals surface area (Å²) in [6.07, 6.45) is 3.56. The maximum atomic E-state index is 13.1. The molecule has 6 nitrogen and oxygen atoms in total. The van der Waals surface area contributed by atoms with E-state index in [4.69, 9.17) is 5.11 Å². The number of imidazole rings is 1. The molecule has 3 aromatic rings. The van der Waals surface area contributed by atoms with Crippen LogP contribution in [0, 0.1) is 12.8 Å². The first-order valence-electron chi connectivity index (χ1n) is 9.08. The Morgan fingerprint density at radius 3 is 2.89 bits per heavy atom. The van der Waals surface area contributed by atoms with E-state index in [9.17, 15) is 9.59 Å². The summed E-state index contributed by atoms with van der Waals surface area (Å²) in [4.78, 5) is 30.6. The number of aromatic carboxylic acids is 1. The van der Waals surface area contributed by atoms with Crippen LogP contribution < -0.4 is 0 Å². The predicted molar refractivity (Wildman–Crippen MR) is 101 cm³/mol. The smallest absolute Gasteiger partial charge is 0.335 e. The average molecular weight is 363 g/mol. The number of hydrogen-bond acceptors (Lipinski definition) is 3. The molecule has 1 amide bonds. The lowest BCUT2D eigenvalue weighted by atomic mass is 9.97. The van der Waals surface area contributed by atoms with E-state index in [1.807, 2.05) is 46.7 Å². The van der Waals surface area contributed by atoms with Crippen LogP contribution in [0.3, 0.4) is 0 Å². The number of aryl methyl sites for hydroxylation is 1. The van der Waals surface area contributed by atoms with Crippen molar-refractivity contribution in [1.82, 2.24) is 14.3 Å². The summed E-state index contributed by atoms with van der Waals surface area (Å²) < 4.78 is 1.85. The molecule has 27 heavy (non-hydrogen) atoms. The molecule has 1 aliphatic rings. The summed E-state index contributed by atoms with van der Waals surface area (Å²) in [5, 5.41) is 9.14. The molecule has 1 saturated heterocycles. The van der Waals surface area contributed by atoms with Gasteiger partial charge in [-0.25, -0.2) is 9.78 Å². The van der Waals surface area contributed by atoms with Crippen molar-refractivity contribution in [2.75, 3.05) is 13.1 Å². The number of carboxylic acid groups (broad SMARTS) is 1. The Labute approximate surface area is 157 Å². The second kappa shape index (κ2) is 6.87. The number of fused-ring (bicyclic) bond motifs is 1. The van der Waals surface area contributed by atoms with Gasteiger partial charge in [0.05, 0.1) is 11.3 Å². The fourth-order valence-electron chi connectivity index (χ4n) is 3.87. The first kappa shape index (κ1) is 17.3. The monoisotopic (exact) mass is 363 g/mol. The van der Waals surface area contributed by atoms with Gasteiger partial charge in [0, 0.05) is 19.3 Å². The molecular weight excluding hydrogens is 342 g/mol. The number of nitrogens with zero attached hydrogens (tertiary/aromatic N) is 3. The number of aromatic nitrogens is 2. The zero-order valence-corrected chi connectivity index (χ0v) is 15.1. The van der Waals surface area contributed by atoms with E-state index < -0.39 is 5.97 Å². The molecule has 0 spiro atoms. The number of likely N-dealkylation sites (tertiary alicyclic amines) is 1. The molecule has 0 radical (unpaired) electrons. The molecule has 138 valence electrons. The summed E-state index contributed by atoms with van der Waals surface area (Å²) in [7, 11) is 0. The van der Waals surface area contributed by atoms with Gasteiger partial charge in [0.2, 0.25) is 0 Å². The molecule has 1 aromatic carbocycles. The van der Waals surface area contributed by atoms with Crippen LogP contribution in [-0.2, 0) is 6.42 Å². The number of carboxylic acids is 1. The zero-order valence-electron chi connectivity index (χ0n) is 15.1. The maximum Gasteiger partial charge on any atom is 0.335 e. The Bertz CT molecular complexity index is 1020. The minimum absolute atomic E-state index is 0.00740. The summed E-state index contributed by atoms with van der Waals surface area (Å²) in [5.74, 6) is -0.575. The van der Waals surface area contributed by atoms with Crippen LogP contribution in [-0.4, -0.2) is 44.4 Å². The zero-order chi connectivity index (χ0) is 19.0. The first-order valence-corrected chi connectivity index (χ1v) is 9.08. The van der Waals surface area contributed by atoms with E-state index in [1.165, 1.54) is 0 Å². The van der Waals surface area contributed by atoms with Crippen molar-refractivity contribution >= 4 is 17.5 Å². The highest BCUT2D eigenvalue weighted by molar-refractivity contribution is 5.95. The van der Waals surface area contributed by atoms with Crippen LogP contribution in [0.1, 0.15) is 38.5 Å². The van der Waals surface area contributed by atoms with Crippen LogP contribution in [0.5, 0.6) is 0 Å². The fourth-order valence-corrected chi connectivity index (χ4v) is 3.87. The molecule has 4 rings (SSSR count). The molecule has 1 fully saturated rings. The Morgan fingerprint density at radius 2 is 2.07 bits per heavy atom. The number of carbonyl (C=O) groups excluding carboxylic acids is 1. The third-order valence-electron chi connectivity index (χ3n) is 5.18. The van der Waals surface area contributed by atoms with Crippen molar-refractivity contribution in [2.24, 2.45) is 5.92 Å². The Balaban J connectivity index is 1.49. The number of amides is 1. The van der Waals surface area contributed by atoms with Gasteiger partial charge in [-0.05, 0) is 55.5 Å². The number of benzene rings is 1. The highest BCUT2D eigenvalue weighted by Crippen LogP contribution is 2.24. The highest BCUT2D eigenvalue weighted by Gasteiger charge is 2.29. The van der Waals surface area contributed by atoms with E-state index in [0.717, 1.165) is 29.7 Å². The van der Waals surface area contributed by atoms with Crippen LogP contribution in [0.4, 0.5) is 0 Å². The molecular formula is C21H21N3O3. The molecule has 3 heterocycles. The van der Waals surface area contributed by atoms with E-state index in [-0.39, 0.29) is 5.91 Å². The van der Waals surface area contributed by atoms with Gasteiger partial charge in [0.25, 0.3) is 5.91 Å². The summed E-state index contributed by atoms with van der Waals surface area (Å²) in [5.41, 5.74) is 3.45. The first-order chi connectivity index (χ1) is 13.0. The normalized spacial score (nSPS) is 16.8. The van der Waals surface area contributed by atoms with Crippen molar-refractivity contribution in [3.63, 3.8) is 0 Å². The Morgan fingerprint density at radius 1 is 1.22 bits per heavy atom. The molecule has 6 heteroatoms. The molecule has 0 aliphatic carbocycles. The second-order valence-electron chi connectivity index (χ2n) is 7.09. The van der Waals surface area contributed by atoms with Crippen LogP contribution >= 0.6 is 0 Å². The SMILES string of the molecule is Cc1nc2ccccn2c1C(=O)N1CC[C@@H](Cc2cccc(C(=O)O)c2)C1. The van der Waals surface area contributed by atoms with Crippen LogP contribution in [0.2, 0.25) is 0 Å². The van der Waals surface area contributed by atoms with Gasteiger partial charge in [0.1, 0.15) is 11.3 Å². The van der Waals surface area contributed by atoms with Gasteiger partial charge in [-0.3, -0.25) is 9.20 Å². The van der Waals surface area contributed by atoms with E-state index in [1.54, 1.807) is 18.2 Å². The lowest BCUT2D eigenvalue weighted by Crippen LogP contribution is -2.30. The van der Waals surface area contributed by atoms with Gasteiger partial charge >= 0.3 is 5.97 Å². The lowest BCUT2D eigenvalue weighted by molar-refractivity contribution is 0.0696. The molecule has 0 unspecified atom stereocenters. The van der Waals surface area contributed by atoms with Crippen molar-refractivity contribution in [3.05, 3.63) is 71.2 Å². The summed E-state index contributed by atoms with van der Waals surface area (Å²) in [6.45, 7) is 3.25. The average Bonchev–Trinajstić information content (AvgIpc) is 3.25. The van der Waals surface area contributed by atoms with Crippen LogP contribution in [0.15, 0.2) is 48.7 Å². The van der Waals surface area contributed by atoms with E-state index in [0.29, 0.717) is 30.3 Å².